The molecule has 1 fully saturated rings. The number of ether oxygens (including phenoxy) is 5. The number of aliphatic hydroxyl groups excluding tert-OH is 1. The summed E-state index contributed by atoms with van der Waals surface area (Å²) in [4.78, 5) is 39.0. The van der Waals surface area contributed by atoms with E-state index in [1.165, 1.54) is 10.8 Å². The van der Waals surface area contributed by atoms with Crippen LogP contribution in [0.4, 0.5) is 0 Å². The Morgan fingerprint density at radius 2 is 1.50 bits per heavy atom. The van der Waals surface area contributed by atoms with Crippen LogP contribution in [0.5, 0.6) is 11.5 Å². The second-order valence-corrected chi connectivity index (χ2v) is 12.9. The normalized spacial score (nSPS) is 18.6. The highest BCUT2D eigenvalue weighted by molar-refractivity contribution is 6.27. The van der Waals surface area contributed by atoms with Gasteiger partial charge in [0.1, 0.15) is 41.3 Å². The monoisotopic (exact) mass is 735 g/mol. The molecule has 1 aliphatic heterocycles. The summed E-state index contributed by atoms with van der Waals surface area (Å²) >= 11 is 5.53. The fourth-order valence-electron chi connectivity index (χ4n) is 6.39. The number of benzene rings is 3. The molecule has 1 aromatic heterocycles. The summed E-state index contributed by atoms with van der Waals surface area (Å²) in [6.45, 7) is 2.31. The van der Waals surface area contributed by atoms with Crippen molar-refractivity contribution in [1.29, 1.82) is 0 Å². The molecule has 0 radical (unpaired) electrons. The molecule has 0 spiro atoms. The maximum atomic E-state index is 13.1. The van der Waals surface area contributed by atoms with Crippen LogP contribution in [-0.2, 0) is 24.6 Å². The average Bonchev–Trinajstić information content (AvgIpc) is 3.48. The molecule has 4 aromatic rings. The van der Waals surface area contributed by atoms with Crippen LogP contribution in [0.15, 0.2) is 94.6 Å². The number of aromatic nitrogens is 2. The van der Waals surface area contributed by atoms with Crippen molar-refractivity contribution in [2.45, 2.75) is 62.7 Å². The summed E-state index contributed by atoms with van der Waals surface area (Å²) in [5, 5.41) is 14.5. The van der Waals surface area contributed by atoms with Crippen LogP contribution in [0, 0.1) is 6.92 Å². The number of unbranched alkanes of at least 4 members (excludes halogenated alkanes) is 3. The smallest absolute Gasteiger partial charge is 0.330 e. The zero-order valence-corrected chi connectivity index (χ0v) is 30.3. The summed E-state index contributed by atoms with van der Waals surface area (Å²) in [5.74, 6) is 1.09. The Kier molecular flexibility index (Phi) is 13.7. The van der Waals surface area contributed by atoms with Crippen LogP contribution in [0.2, 0.25) is 0 Å². The van der Waals surface area contributed by atoms with Crippen molar-refractivity contribution in [2.75, 3.05) is 39.9 Å². The Labute approximate surface area is 307 Å². The van der Waals surface area contributed by atoms with Crippen molar-refractivity contribution in [3.8, 4) is 11.5 Å². The first-order valence-corrected chi connectivity index (χ1v) is 17.8. The fraction of sp³-hybridized carbons (Fsp3) is 0.410. The Hall–Kier alpha value is -4.46. The molecule has 1 amide bonds. The number of carbonyl (C=O) groups excluding carboxylic acids is 1. The van der Waals surface area contributed by atoms with Crippen molar-refractivity contribution >= 4 is 17.5 Å². The predicted octanol–water partition coefficient (Wildman–Crippen LogP) is 4.43. The van der Waals surface area contributed by atoms with Gasteiger partial charge in [-0.3, -0.25) is 19.1 Å². The number of H-pyrrole nitrogens is 1. The second kappa shape index (κ2) is 18.3. The van der Waals surface area contributed by atoms with Crippen LogP contribution in [0.1, 0.15) is 54.2 Å². The molecular formula is C39H46ClN3O9. The van der Waals surface area contributed by atoms with Crippen LogP contribution in [-0.4, -0.2) is 78.7 Å². The number of halogens is 1. The quantitative estimate of drug-likeness (QED) is 0.0767. The predicted molar refractivity (Wildman–Crippen MR) is 196 cm³/mol. The third-order valence-electron chi connectivity index (χ3n) is 9.20. The molecule has 3 N–H and O–H groups in total. The van der Waals surface area contributed by atoms with E-state index in [0.717, 1.165) is 36.0 Å². The number of hydrogen-bond donors (Lipinski definition) is 3. The van der Waals surface area contributed by atoms with E-state index < -0.39 is 41.4 Å². The third kappa shape index (κ3) is 8.94. The molecule has 2 heterocycles. The first-order valence-electron chi connectivity index (χ1n) is 17.3. The van der Waals surface area contributed by atoms with Gasteiger partial charge in [0.15, 0.2) is 6.23 Å². The van der Waals surface area contributed by atoms with Gasteiger partial charge in [0.2, 0.25) is 5.91 Å². The summed E-state index contributed by atoms with van der Waals surface area (Å²) in [5.41, 5.74) is 0.373. The molecule has 3 aromatic carbocycles. The van der Waals surface area contributed by atoms with E-state index in [2.05, 4.69) is 10.3 Å². The molecule has 0 bridgehead atoms. The summed E-state index contributed by atoms with van der Waals surface area (Å²) in [6.07, 6.45) is 0.415. The lowest BCUT2D eigenvalue weighted by molar-refractivity contribution is -0.118. The maximum absolute atomic E-state index is 13.1. The Morgan fingerprint density at radius 3 is 2.10 bits per heavy atom. The number of nitrogens with zero attached hydrogens (tertiary/aromatic N) is 1. The SMILES string of the molecule is COc1ccc(C(OC[C@H]2O[C@@H](n3cc(C)c(=O)[nH]c3=O)[C@H](OCCCCCCNC(=O)CCl)[C@@H]2O)(c2ccccc2)c2ccc(OC)cc2)cc1. The van der Waals surface area contributed by atoms with E-state index in [0.29, 0.717) is 30.0 Å². The molecule has 0 saturated carbocycles. The summed E-state index contributed by atoms with van der Waals surface area (Å²) in [6, 6.07) is 24.9. The first-order chi connectivity index (χ1) is 25.2. The van der Waals surface area contributed by atoms with Gasteiger partial charge < -0.3 is 34.1 Å². The topological polar surface area (TPSA) is 150 Å². The highest BCUT2D eigenvalue weighted by atomic mass is 35.5. The molecule has 5 rings (SSSR count). The van der Waals surface area contributed by atoms with E-state index in [1.54, 1.807) is 21.1 Å². The van der Waals surface area contributed by atoms with Crippen molar-refractivity contribution < 1.29 is 33.6 Å². The lowest BCUT2D eigenvalue weighted by Crippen LogP contribution is -2.41. The molecule has 278 valence electrons. The van der Waals surface area contributed by atoms with Gasteiger partial charge in [-0.05, 0) is 60.7 Å². The number of carbonyl (C=O) groups is 1. The van der Waals surface area contributed by atoms with E-state index in [1.807, 2.05) is 78.9 Å². The minimum atomic E-state index is -1.20. The number of methoxy groups -OCH3 is 2. The fourth-order valence-corrected chi connectivity index (χ4v) is 6.49. The van der Waals surface area contributed by atoms with E-state index in [4.69, 9.17) is 35.3 Å². The summed E-state index contributed by atoms with van der Waals surface area (Å²) in [7, 11) is 3.21. The number of aliphatic hydroxyl groups is 1. The molecular weight excluding hydrogens is 690 g/mol. The Morgan fingerprint density at radius 1 is 0.904 bits per heavy atom. The molecule has 12 nitrogen and oxygen atoms in total. The average molecular weight is 736 g/mol. The minimum Gasteiger partial charge on any atom is -0.497 e. The van der Waals surface area contributed by atoms with E-state index >= 15 is 0 Å². The largest absolute Gasteiger partial charge is 0.497 e. The number of alkyl halides is 1. The second-order valence-electron chi connectivity index (χ2n) is 12.6. The zero-order chi connectivity index (χ0) is 37.1. The summed E-state index contributed by atoms with van der Waals surface area (Å²) < 4.78 is 31.8. The van der Waals surface area contributed by atoms with Gasteiger partial charge in [-0.25, -0.2) is 4.79 Å². The molecule has 13 heteroatoms. The van der Waals surface area contributed by atoms with Gasteiger partial charge in [0, 0.05) is 24.9 Å². The molecule has 1 aliphatic rings. The van der Waals surface area contributed by atoms with Crippen LogP contribution in [0.3, 0.4) is 0 Å². The lowest BCUT2D eigenvalue weighted by Gasteiger charge is -2.37. The number of aromatic amines is 1. The van der Waals surface area contributed by atoms with E-state index in [9.17, 15) is 19.5 Å². The molecule has 0 unspecified atom stereocenters. The molecule has 1 saturated heterocycles. The first kappa shape index (κ1) is 38.8. The van der Waals surface area contributed by atoms with Crippen molar-refractivity contribution in [1.82, 2.24) is 14.9 Å². The number of amides is 1. The lowest BCUT2D eigenvalue weighted by atomic mass is 9.80. The van der Waals surface area contributed by atoms with Gasteiger partial charge in [0.05, 0.1) is 20.8 Å². The number of hydrogen-bond acceptors (Lipinski definition) is 9. The van der Waals surface area contributed by atoms with E-state index in [-0.39, 0.29) is 25.0 Å². The van der Waals surface area contributed by atoms with Gasteiger partial charge in [-0.1, -0.05) is 67.4 Å². The van der Waals surface area contributed by atoms with Crippen molar-refractivity contribution in [3.05, 3.63) is 128 Å². The van der Waals surface area contributed by atoms with Gasteiger partial charge in [-0.2, -0.15) is 0 Å². The standard InChI is InChI=1S/C39H46ClN3O9/c1-26-24-43(38(47)42-36(26)46)37-35(50-22-10-5-4-9-21-41-33(44)23-40)34(45)32(52-37)25-51-39(27-11-7-6-8-12-27,28-13-17-30(48-2)18-14-28)29-15-19-31(49-3)20-16-29/h6-8,11-20,24,32,34-35,37,45H,4-5,9-10,21-23,25H2,1-3H3,(H,41,44)(H,42,46,47)/t32-,34-,35-,37-/m1/s1. The van der Waals surface area contributed by atoms with Gasteiger partial charge >= 0.3 is 5.69 Å². The highest BCUT2D eigenvalue weighted by Crippen LogP contribution is 2.43. The number of aryl methyl sites for hydroxylation is 1. The van der Waals surface area contributed by atoms with Crippen molar-refractivity contribution in [3.63, 3.8) is 0 Å². The maximum Gasteiger partial charge on any atom is 0.330 e. The van der Waals surface area contributed by atoms with Crippen LogP contribution >= 0.6 is 11.6 Å². The number of rotatable bonds is 18. The van der Waals surface area contributed by atoms with Gasteiger partial charge in [0.25, 0.3) is 5.56 Å². The zero-order valence-electron chi connectivity index (χ0n) is 29.6. The molecule has 0 aliphatic carbocycles. The third-order valence-corrected chi connectivity index (χ3v) is 9.44. The minimum absolute atomic E-state index is 0.0685. The highest BCUT2D eigenvalue weighted by Gasteiger charge is 2.48. The van der Waals surface area contributed by atoms with Crippen LogP contribution < -0.4 is 26.0 Å². The molecule has 52 heavy (non-hydrogen) atoms. The van der Waals surface area contributed by atoms with Crippen molar-refractivity contribution in [2.24, 2.45) is 0 Å². The van der Waals surface area contributed by atoms with Gasteiger partial charge in [-0.15, -0.1) is 11.6 Å². The Bertz CT molecular complexity index is 1800. The number of nitrogens with one attached hydrogen (secondary N) is 2. The van der Waals surface area contributed by atoms with Crippen LogP contribution in [0.25, 0.3) is 0 Å². The molecule has 4 atom stereocenters. The Balaban J connectivity index is 1.43.